The van der Waals surface area contributed by atoms with Crippen LogP contribution in [0.4, 0.5) is 0 Å². The van der Waals surface area contributed by atoms with E-state index >= 15 is 0 Å². The van der Waals surface area contributed by atoms with Crippen molar-refractivity contribution in [2.75, 3.05) is 13.1 Å². The molecular formula is C19H25NO3. The van der Waals surface area contributed by atoms with E-state index in [-0.39, 0.29) is 5.92 Å². The summed E-state index contributed by atoms with van der Waals surface area (Å²) in [5.74, 6) is 0.240. The van der Waals surface area contributed by atoms with Crippen LogP contribution in [0.25, 0.3) is 0 Å². The first-order chi connectivity index (χ1) is 11.1. The Kier molecular flexibility index (Phi) is 4.99. The van der Waals surface area contributed by atoms with Gasteiger partial charge in [0.25, 0.3) is 0 Å². The van der Waals surface area contributed by atoms with Gasteiger partial charge in [0.05, 0.1) is 5.56 Å². The minimum Gasteiger partial charge on any atom is -0.478 e. The fraction of sp³-hybridized carbons (Fsp3) is 0.579. The van der Waals surface area contributed by atoms with Gasteiger partial charge in [-0.25, -0.2) is 4.79 Å². The number of rotatable bonds is 4. The molecule has 2 fully saturated rings. The first-order valence-electron chi connectivity index (χ1n) is 8.75. The average molecular weight is 315 g/mol. The number of carboxylic acids is 1. The van der Waals surface area contributed by atoms with Crippen molar-refractivity contribution < 1.29 is 14.7 Å². The Morgan fingerprint density at radius 3 is 2.35 bits per heavy atom. The fourth-order valence-corrected chi connectivity index (χ4v) is 4.01. The van der Waals surface area contributed by atoms with Crippen LogP contribution in [0.15, 0.2) is 24.3 Å². The first kappa shape index (κ1) is 16.0. The Balaban J connectivity index is 1.55. The van der Waals surface area contributed by atoms with Gasteiger partial charge in [0.15, 0.2) is 0 Å². The minimum atomic E-state index is -0.852. The zero-order valence-electron chi connectivity index (χ0n) is 13.5. The van der Waals surface area contributed by atoms with Crippen LogP contribution in [0, 0.1) is 11.8 Å². The Morgan fingerprint density at radius 1 is 1.04 bits per heavy atom. The third-order valence-electron chi connectivity index (χ3n) is 5.39. The molecule has 1 aliphatic carbocycles. The highest BCUT2D eigenvalue weighted by Gasteiger charge is 2.30. The average Bonchev–Trinajstić information content (AvgIpc) is 3.10. The molecule has 23 heavy (non-hydrogen) atoms. The number of amides is 1. The number of carbonyl (C=O) groups is 2. The number of hydrogen-bond acceptors (Lipinski definition) is 2. The van der Waals surface area contributed by atoms with Crippen LogP contribution in [0.5, 0.6) is 0 Å². The molecule has 2 aliphatic rings. The highest BCUT2D eigenvalue weighted by Crippen LogP contribution is 2.29. The predicted molar refractivity (Wildman–Crippen MR) is 88.4 cm³/mol. The molecule has 4 heteroatoms. The quantitative estimate of drug-likeness (QED) is 0.927. The van der Waals surface area contributed by atoms with Gasteiger partial charge in [-0.1, -0.05) is 31.0 Å². The second-order valence-corrected chi connectivity index (χ2v) is 6.92. The SMILES string of the molecule is O=C(O)c1ccccc1CC1CCN(C(=O)C2CCCC2)CC1. The number of aromatic carboxylic acids is 1. The molecule has 1 aromatic rings. The summed E-state index contributed by atoms with van der Waals surface area (Å²) >= 11 is 0. The van der Waals surface area contributed by atoms with Crippen molar-refractivity contribution in [2.24, 2.45) is 11.8 Å². The molecule has 0 atom stereocenters. The first-order valence-corrected chi connectivity index (χ1v) is 8.75. The molecule has 0 unspecified atom stereocenters. The van der Waals surface area contributed by atoms with Crippen molar-refractivity contribution in [2.45, 2.75) is 44.9 Å². The molecule has 1 heterocycles. The monoisotopic (exact) mass is 315 g/mol. The van der Waals surface area contributed by atoms with E-state index in [0.29, 0.717) is 17.4 Å². The normalized spacial score (nSPS) is 19.9. The van der Waals surface area contributed by atoms with E-state index in [4.69, 9.17) is 0 Å². The summed E-state index contributed by atoms with van der Waals surface area (Å²) in [6.07, 6.45) is 7.26. The van der Waals surface area contributed by atoms with Crippen molar-refractivity contribution in [3.8, 4) is 0 Å². The standard InChI is InChI=1S/C19H25NO3/c21-18(15-5-1-2-6-15)20-11-9-14(10-12-20)13-16-7-3-4-8-17(16)19(22)23/h3-4,7-8,14-15H,1-2,5-6,9-13H2,(H,22,23). The number of carbonyl (C=O) groups excluding carboxylic acids is 1. The Morgan fingerprint density at radius 2 is 1.70 bits per heavy atom. The number of nitrogens with zero attached hydrogens (tertiary/aromatic N) is 1. The summed E-state index contributed by atoms with van der Waals surface area (Å²) in [6.45, 7) is 1.66. The molecule has 0 radical (unpaired) electrons. The van der Waals surface area contributed by atoms with Crippen LogP contribution < -0.4 is 0 Å². The molecule has 124 valence electrons. The Hall–Kier alpha value is -1.84. The predicted octanol–water partition coefficient (Wildman–Crippen LogP) is 3.36. The van der Waals surface area contributed by atoms with E-state index in [1.807, 2.05) is 17.0 Å². The van der Waals surface area contributed by atoms with E-state index < -0.39 is 5.97 Å². The topological polar surface area (TPSA) is 57.6 Å². The molecule has 3 rings (SSSR count). The molecule has 1 aromatic carbocycles. The lowest BCUT2D eigenvalue weighted by molar-refractivity contribution is -0.136. The van der Waals surface area contributed by atoms with Crippen LogP contribution >= 0.6 is 0 Å². The van der Waals surface area contributed by atoms with Crippen LogP contribution in [0.1, 0.15) is 54.4 Å². The van der Waals surface area contributed by atoms with Crippen LogP contribution in [-0.4, -0.2) is 35.0 Å². The highest BCUT2D eigenvalue weighted by atomic mass is 16.4. The fourth-order valence-electron chi connectivity index (χ4n) is 4.01. The van der Waals surface area contributed by atoms with Gasteiger partial charge in [-0.15, -0.1) is 0 Å². The van der Waals surface area contributed by atoms with Crippen molar-refractivity contribution in [3.05, 3.63) is 35.4 Å². The number of likely N-dealkylation sites (tertiary alicyclic amines) is 1. The van der Waals surface area contributed by atoms with Gasteiger partial charge in [0, 0.05) is 19.0 Å². The maximum atomic E-state index is 12.5. The molecule has 0 spiro atoms. The zero-order chi connectivity index (χ0) is 16.2. The lowest BCUT2D eigenvalue weighted by Gasteiger charge is -2.33. The van der Waals surface area contributed by atoms with E-state index in [9.17, 15) is 14.7 Å². The smallest absolute Gasteiger partial charge is 0.335 e. The van der Waals surface area contributed by atoms with Crippen molar-refractivity contribution in [3.63, 3.8) is 0 Å². The minimum absolute atomic E-state index is 0.263. The molecule has 1 saturated carbocycles. The molecule has 1 saturated heterocycles. The Labute approximate surface area is 137 Å². The van der Waals surface area contributed by atoms with Gasteiger partial charge in [-0.3, -0.25) is 4.79 Å². The number of benzene rings is 1. The van der Waals surface area contributed by atoms with Crippen molar-refractivity contribution >= 4 is 11.9 Å². The van der Waals surface area contributed by atoms with E-state index in [2.05, 4.69) is 0 Å². The van der Waals surface area contributed by atoms with E-state index in [0.717, 1.165) is 50.8 Å². The third-order valence-corrected chi connectivity index (χ3v) is 5.39. The lowest BCUT2D eigenvalue weighted by atomic mass is 9.88. The van der Waals surface area contributed by atoms with Crippen LogP contribution in [0.3, 0.4) is 0 Å². The molecule has 4 nitrogen and oxygen atoms in total. The Bertz CT molecular complexity index is 570. The maximum absolute atomic E-state index is 12.5. The highest BCUT2D eigenvalue weighted by molar-refractivity contribution is 5.89. The summed E-state index contributed by atoms with van der Waals surface area (Å²) in [5.41, 5.74) is 1.33. The maximum Gasteiger partial charge on any atom is 0.335 e. The van der Waals surface area contributed by atoms with Gasteiger partial charge in [0.2, 0.25) is 5.91 Å². The number of carboxylic acid groups (broad SMARTS) is 1. The van der Waals surface area contributed by atoms with Crippen molar-refractivity contribution in [1.82, 2.24) is 4.90 Å². The van der Waals surface area contributed by atoms with Gasteiger partial charge >= 0.3 is 5.97 Å². The molecule has 1 amide bonds. The van der Waals surface area contributed by atoms with Gasteiger partial charge in [-0.2, -0.15) is 0 Å². The lowest BCUT2D eigenvalue weighted by Crippen LogP contribution is -2.41. The van der Waals surface area contributed by atoms with Crippen LogP contribution in [-0.2, 0) is 11.2 Å². The third kappa shape index (κ3) is 3.74. The summed E-state index contributed by atoms with van der Waals surface area (Å²) in [5, 5.41) is 9.28. The van der Waals surface area contributed by atoms with E-state index in [1.165, 1.54) is 12.8 Å². The molecule has 0 bridgehead atoms. The largest absolute Gasteiger partial charge is 0.478 e. The summed E-state index contributed by atoms with van der Waals surface area (Å²) in [6, 6.07) is 7.27. The number of hydrogen-bond donors (Lipinski definition) is 1. The molecule has 0 aromatic heterocycles. The van der Waals surface area contributed by atoms with Crippen LogP contribution in [0.2, 0.25) is 0 Å². The second-order valence-electron chi connectivity index (χ2n) is 6.92. The number of piperidine rings is 1. The van der Waals surface area contributed by atoms with Gasteiger partial charge < -0.3 is 10.0 Å². The molecule has 1 N–H and O–H groups in total. The molecular weight excluding hydrogens is 290 g/mol. The summed E-state index contributed by atoms with van der Waals surface area (Å²) in [4.78, 5) is 25.8. The summed E-state index contributed by atoms with van der Waals surface area (Å²) in [7, 11) is 0. The van der Waals surface area contributed by atoms with E-state index in [1.54, 1.807) is 12.1 Å². The van der Waals surface area contributed by atoms with Crippen molar-refractivity contribution in [1.29, 1.82) is 0 Å². The summed E-state index contributed by atoms with van der Waals surface area (Å²) < 4.78 is 0. The second kappa shape index (κ2) is 7.16. The zero-order valence-corrected chi connectivity index (χ0v) is 13.5. The molecule has 1 aliphatic heterocycles. The van der Waals surface area contributed by atoms with Gasteiger partial charge in [-0.05, 0) is 49.7 Å². The van der Waals surface area contributed by atoms with Gasteiger partial charge in [0.1, 0.15) is 0 Å².